The third kappa shape index (κ3) is 10.7. The zero-order valence-electron chi connectivity index (χ0n) is 26.3. The maximum absolute atomic E-state index is 11.0. The average Bonchev–Trinajstić information content (AvgIpc) is 3.06. The highest BCUT2D eigenvalue weighted by Crippen LogP contribution is 2.32. The molecule has 3 rings (SSSR count). The van der Waals surface area contributed by atoms with Crippen LogP contribution in [0.25, 0.3) is 0 Å². The predicted octanol–water partition coefficient (Wildman–Crippen LogP) is -6.45. The molecule has 3 saturated heterocycles. The van der Waals surface area contributed by atoms with Gasteiger partial charge in [-0.1, -0.05) is 0 Å². The summed E-state index contributed by atoms with van der Waals surface area (Å²) < 4.78 is 37.8. The molecule has 0 radical (unpaired) electrons. The molecule has 11 N–H and O–H groups in total. The first kappa shape index (κ1) is 40.9. The number of ether oxygens (including phenoxy) is 7. The van der Waals surface area contributed by atoms with Gasteiger partial charge >= 0.3 is 0 Å². The lowest BCUT2D eigenvalue weighted by molar-refractivity contribution is -0.384. The molecule has 3 fully saturated rings. The van der Waals surface area contributed by atoms with Crippen molar-refractivity contribution in [1.82, 2.24) is 5.32 Å². The molecule has 3 aliphatic rings. The third-order valence-electron chi connectivity index (χ3n) is 8.30. The number of Topliss-reactive ketones (excluding diaryl/α,β-unsaturated/α-hetero) is 1. The van der Waals surface area contributed by atoms with Crippen LogP contribution in [0, 0.1) is 5.92 Å². The fraction of sp³-hybridized carbons (Fsp3) is 0.929. The van der Waals surface area contributed by atoms with E-state index in [1.807, 2.05) is 0 Å². The Labute approximate surface area is 275 Å². The monoisotopic (exact) mass is 703 g/mol. The molecule has 0 aliphatic carbocycles. The van der Waals surface area contributed by atoms with Crippen molar-refractivity contribution in [2.24, 2.45) is 5.92 Å². The zero-order valence-corrected chi connectivity index (χ0v) is 26.3. The highest BCUT2D eigenvalue weighted by Gasteiger charge is 2.51. The van der Waals surface area contributed by atoms with Gasteiger partial charge in [0.15, 0.2) is 18.9 Å². The lowest BCUT2D eigenvalue weighted by Crippen LogP contribution is -2.63. The van der Waals surface area contributed by atoms with Crippen molar-refractivity contribution in [3.63, 3.8) is 0 Å². The Morgan fingerprint density at radius 3 is 2.21 bits per heavy atom. The summed E-state index contributed by atoms with van der Waals surface area (Å²) in [4.78, 5) is 21.9. The van der Waals surface area contributed by atoms with E-state index in [2.05, 4.69) is 5.32 Å². The molecule has 16 atom stereocenters. The first-order chi connectivity index (χ1) is 22.8. The van der Waals surface area contributed by atoms with Gasteiger partial charge in [0.05, 0.1) is 44.6 Å². The fourth-order valence-electron chi connectivity index (χ4n) is 5.39. The Morgan fingerprint density at radius 1 is 0.875 bits per heavy atom. The van der Waals surface area contributed by atoms with Crippen LogP contribution in [0.2, 0.25) is 0 Å². The summed E-state index contributed by atoms with van der Waals surface area (Å²) in [7, 11) is 0. The van der Waals surface area contributed by atoms with E-state index in [0.717, 1.165) is 0 Å². The summed E-state index contributed by atoms with van der Waals surface area (Å²) in [5.74, 6) is -1.18. The summed E-state index contributed by atoms with van der Waals surface area (Å²) in [6.07, 6.45) is -22.8. The summed E-state index contributed by atoms with van der Waals surface area (Å²) in [6, 6.07) is 0. The number of carbonyl (C=O) groups is 2. The van der Waals surface area contributed by atoms with E-state index in [0.29, 0.717) is 25.8 Å². The SMILES string of the molecule is CC(=O)CCCCNCC(O)C(O)C(CO)O[C@@H]1OC[C@@H](O[C@@H]2OC[C@@H](O)C(O)C2O[C@H]2OC(OC=O)[C@@H](CO)[C@H](O)C2O)[C@H](O)C1O. The van der Waals surface area contributed by atoms with Crippen molar-refractivity contribution in [2.45, 2.75) is 118 Å². The Hall–Kier alpha value is -1.54. The molecule has 3 aliphatic heterocycles. The summed E-state index contributed by atoms with van der Waals surface area (Å²) in [5, 5.41) is 106. The van der Waals surface area contributed by atoms with Crippen molar-refractivity contribution in [2.75, 3.05) is 39.5 Å². The van der Waals surface area contributed by atoms with E-state index < -0.39 is 125 Å². The number of aliphatic hydroxyl groups is 10. The Morgan fingerprint density at radius 2 is 1.56 bits per heavy atom. The van der Waals surface area contributed by atoms with E-state index in [1.165, 1.54) is 6.92 Å². The molecule has 0 saturated carbocycles. The minimum atomic E-state index is -1.84. The van der Waals surface area contributed by atoms with E-state index in [4.69, 9.17) is 33.2 Å². The topological polar surface area (TPSA) is 313 Å². The summed E-state index contributed by atoms with van der Waals surface area (Å²) in [5.41, 5.74) is 0. The van der Waals surface area contributed by atoms with Gasteiger partial charge < -0.3 is 94.3 Å². The van der Waals surface area contributed by atoms with E-state index >= 15 is 0 Å². The van der Waals surface area contributed by atoms with Crippen LogP contribution in [0.5, 0.6) is 0 Å². The van der Waals surface area contributed by atoms with Gasteiger partial charge in [0, 0.05) is 13.0 Å². The zero-order chi connectivity index (χ0) is 35.5. The smallest absolute Gasteiger partial charge is 0.295 e. The number of carbonyl (C=O) groups excluding carboxylic acids is 2. The molecular formula is C28H49NO19. The van der Waals surface area contributed by atoms with Crippen molar-refractivity contribution in [3.8, 4) is 0 Å². The van der Waals surface area contributed by atoms with Crippen LogP contribution in [0.15, 0.2) is 0 Å². The van der Waals surface area contributed by atoms with Crippen molar-refractivity contribution >= 4 is 12.3 Å². The molecule has 280 valence electrons. The van der Waals surface area contributed by atoms with Crippen LogP contribution in [0.3, 0.4) is 0 Å². The van der Waals surface area contributed by atoms with Crippen molar-refractivity contribution < 1.29 is 93.8 Å². The number of unbranched alkanes of at least 4 members (excludes halogenated alkanes) is 1. The molecule has 8 unspecified atom stereocenters. The van der Waals surface area contributed by atoms with E-state index in [1.54, 1.807) is 0 Å². The Balaban J connectivity index is 1.58. The predicted molar refractivity (Wildman–Crippen MR) is 153 cm³/mol. The fourth-order valence-corrected chi connectivity index (χ4v) is 5.39. The normalized spacial score (nSPS) is 39.4. The van der Waals surface area contributed by atoms with Gasteiger partial charge in [0.2, 0.25) is 6.29 Å². The number of hydrogen-bond acceptors (Lipinski definition) is 20. The molecule has 0 aromatic rings. The van der Waals surface area contributed by atoms with Gasteiger partial charge in [-0.3, -0.25) is 4.79 Å². The Kier molecular flexibility index (Phi) is 16.8. The summed E-state index contributed by atoms with van der Waals surface area (Å²) >= 11 is 0. The van der Waals surface area contributed by atoms with Gasteiger partial charge in [-0.15, -0.1) is 0 Å². The van der Waals surface area contributed by atoms with Gasteiger partial charge in [0.1, 0.15) is 60.7 Å². The molecule has 20 nitrogen and oxygen atoms in total. The number of ketones is 1. The quantitative estimate of drug-likeness (QED) is 0.0440. The molecule has 0 bridgehead atoms. The number of nitrogens with one attached hydrogen (secondary N) is 1. The lowest BCUT2D eigenvalue weighted by atomic mass is 9.94. The largest absolute Gasteiger partial charge is 0.437 e. The molecule has 48 heavy (non-hydrogen) atoms. The molecule has 0 aromatic heterocycles. The molecular weight excluding hydrogens is 654 g/mol. The number of aliphatic hydroxyl groups excluding tert-OH is 10. The minimum Gasteiger partial charge on any atom is -0.437 e. The van der Waals surface area contributed by atoms with Crippen LogP contribution in [-0.2, 0) is 42.7 Å². The van der Waals surface area contributed by atoms with Gasteiger partial charge in [-0.05, 0) is 26.3 Å². The van der Waals surface area contributed by atoms with Crippen LogP contribution < -0.4 is 5.32 Å². The standard InChI is InChI=1S/C28H49NO19/c1-12(33)4-2-3-5-29-6-14(34)19(37)16(8-31)45-26-23(41)21(39)17(10-43-26)46-28-24(20(38)15(35)9-42-28)47-27-22(40)18(36)13(7-30)25(48-27)44-11-32/h11,13-31,34-41H,2-10H2,1H3/t13-,14?,15+,16?,17+,18-,19?,20?,21-,22?,23?,24?,25?,26-,27-,28-/m0/s1. The third-order valence-corrected chi connectivity index (χ3v) is 8.30. The highest BCUT2D eigenvalue weighted by molar-refractivity contribution is 5.75. The van der Waals surface area contributed by atoms with Crippen molar-refractivity contribution in [3.05, 3.63) is 0 Å². The summed E-state index contributed by atoms with van der Waals surface area (Å²) in [6.45, 7) is -0.638. The van der Waals surface area contributed by atoms with Crippen LogP contribution in [0.4, 0.5) is 0 Å². The van der Waals surface area contributed by atoms with Gasteiger partial charge in [0.25, 0.3) is 6.47 Å². The second-order valence-electron chi connectivity index (χ2n) is 11.9. The lowest BCUT2D eigenvalue weighted by Gasteiger charge is -2.46. The second-order valence-corrected chi connectivity index (χ2v) is 11.9. The van der Waals surface area contributed by atoms with Crippen LogP contribution in [-0.4, -0.2) is 195 Å². The van der Waals surface area contributed by atoms with Gasteiger partial charge in [-0.2, -0.15) is 0 Å². The number of hydrogen-bond donors (Lipinski definition) is 11. The molecule has 0 aromatic carbocycles. The second kappa shape index (κ2) is 19.7. The van der Waals surface area contributed by atoms with Gasteiger partial charge in [-0.25, -0.2) is 0 Å². The highest BCUT2D eigenvalue weighted by atomic mass is 16.8. The molecule has 20 heteroatoms. The first-order valence-corrected chi connectivity index (χ1v) is 15.6. The molecule has 3 heterocycles. The maximum atomic E-state index is 11.0. The van der Waals surface area contributed by atoms with E-state index in [-0.39, 0.29) is 18.8 Å². The Bertz CT molecular complexity index is 966. The maximum Gasteiger partial charge on any atom is 0.295 e. The van der Waals surface area contributed by atoms with Crippen LogP contribution in [0.1, 0.15) is 26.2 Å². The van der Waals surface area contributed by atoms with Crippen molar-refractivity contribution in [1.29, 1.82) is 0 Å². The number of rotatable bonds is 19. The minimum absolute atomic E-state index is 0.0132. The molecule has 0 spiro atoms. The molecule has 0 amide bonds. The van der Waals surface area contributed by atoms with Crippen LogP contribution >= 0.6 is 0 Å². The average molecular weight is 704 g/mol. The first-order valence-electron chi connectivity index (χ1n) is 15.6. The van der Waals surface area contributed by atoms with E-state index in [9.17, 15) is 60.7 Å².